The number of halogens is 4. The number of nitro benzene ring substituents is 1. The van der Waals surface area contributed by atoms with Crippen molar-refractivity contribution in [2.45, 2.75) is 12.7 Å². The fraction of sp³-hybridized carbons (Fsp3) is 0.120. The standard InChI is InChI=1S/C25H16BrF3N2O6S/c1-36-21-10-14(11-22-23(32)30(24(33)38-22)13-15-4-2-3-5-17(15)26)6-8-20(21)37-19-9-7-16(25(27,28)29)12-18(19)31(34)35/h2-12H,13H2,1H3/b22-11-. The molecular formula is C25H16BrF3N2O6S. The van der Waals surface area contributed by atoms with Gasteiger partial charge in [0, 0.05) is 10.5 Å². The SMILES string of the molecule is COc1cc(/C=C2\SC(=O)N(Cc3ccccc3Br)C2=O)ccc1Oc1ccc(C(F)(F)F)cc1[N+](=O)[O-]. The number of rotatable bonds is 7. The van der Waals surface area contributed by atoms with Gasteiger partial charge in [0.25, 0.3) is 11.1 Å². The molecule has 38 heavy (non-hydrogen) atoms. The van der Waals surface area contributed by atoms with E-state index in [1.165, 1.54) is 31.4 Å². The van der Waals surface area contributed by atoms with Crippen LogP contribution in [0.3, 0.4) is 0 Å². The van der Waals surface area contributed by atoms with E-state index in [4.69, 9.17) is 9.47 Å². The van der Waals surface area contributed by atoms with E-state index in [2.05, 4.69) is 15.9 Å². The molecule has 1 heterocycles. The Morgan fingerprint density at radius 2 is 1.76 bits per heavy atom. The number of hydrogen-bond donors (Lipinski definition) is 0. The van der Waals surface area contributed by atoms with Gasteiger partial charge in [0.2, 0.25) is 5.75 Å². The first-order chi connectivity index (χ1) is 18.0. The number of imide groups is 1. The van der Waals surface area contributed by atoms with Crippen LogP contribution in [-0.2, 0) is 17.5 Å². The molecule has 0 radical (unpaired) electrons. The Balaban J connectivity index is 1.58. The van der Waals surface area contributed by atoms with Crippen molar-refractivity contribution in [3.05, 3.63) is 96.8 Å². The number of ether oxygens (including phenoxy) is 2. The van der Waals surface area contributed by atoms with Gasteiger partial charge in [0.15, 0.2) is 11.5 Å². The molecule has 0 atom stereocenters. The van der Waals surface area contributed by atoms with E-state index in [1.807, 2.05) is 6.07 Å². The zero-order valence-electron chi connectivity index (χ0n) is 19.3. The third-order valence-corrected chi connectivity index (χ3v) is 7.03. The number of carbonyl (C=O) groups excluding carboxylic acids is 2. The molecule has 13 heteroatoms. The predicted molar refractivity (Wildman–Crippen MR) is 137 cm³/mol. The Kier molecular flexibility index (Phi) is 7.78. The van der Waals surface area contributed by atoms with Crippen molar-refractivity contribution in [3.63, 3.8) is 0 Å². The Hall–Kier alpha value is -3.84. The number of alkyl halides is 3. The van der Waals surface area contributed by atoms with Crippen molar-refractivity contribution in [2.75, 3.05) is 7.11 Å². The van der Waals surface area contributed by atoms with Crippen molar-refractivity contribution in [3.8, 4) is 17.2 Å². The molecule has 4 rings (SSSR count). The Bertz CT molecular complexity index is 1480. The molecule has 0 unspecified atom stereocenters. The molecule has 1 aliphatic heterocycles. The zero-order valence-corrected chi connectivity index (χ0v) is 21.7. The van der Waals surface area contributed by atoms with E-state index < -0.39 is 39.2 Å². The lowest BCUT2D eigenvalue weighted by Gasteiger charge is -2.13. The van der Waals surface area contributed by atoms with Gasteiger partial charge in [0.05, 0.1) is 29.0 Å². The van der Waals surface area contributed by atoms with Crippen LogP contribution >= 0.6 is 27.7 Å². The van der Waals surface area contributed by atoms with Gasteiger partial charge in [-0.1, -0.05) is 40.2 Å². The van der Waals surface area contributed by atoms with Gasteiger partial charge < -0.3 is 9.47 Å². The molecule has 3 aromatic carbocycles. The molecule has 1 aliphatic rings. The molecule has 1 saturated heterocycles. The number of benzene rings is 3. The first-order valence-corrected chi connectivity index (χ1v) is 12.3. The smallest absolute Gasteiger partial charge is 0.416 e. The van der Waals surface area contributed by atoms with Crippen LogP contribution in [0.25, 0.3) is 6.08 Å². The summed E-state index contributed by atoms with van der Waals surface area (Å²) in [4.78, 5) is 37.1. The van der Waals surface area contributed by atoms with Gasteiger partial charge >= 0.3 is 11.9 Å². The molecule has 0 N–H and O–H groups in total. The molecule has 0 saturated carbocycles. The van der Waals surface area contributed by atoms with Crippen LogP contribution < -0.4 is 9.47 Å². The Morgan fingerprint density at radius 3 is 2.42 bits per heavy atom. The third-order valence-electron chi connectivity index (χ3n) is 5.35. The maximum atomic E-state index is 13.0. The Morgan fingerprint density at radius 1 is 1.05 bits per heavy atom. The summed E-state index contributed by atoms with van der Waals surface area (Å²) in [5, 5.41) is 10.9. The zero-order chi connectivity index (χ0) is 27.6. The number of amides is 2. The number of hydrogen-bond acceptors (Lipinski definition) is 7. The predicted octanol–water partition coefficient (Wildman–Crippen LogP) is 7.41. The molecule has 2 amide bonds. The lowest BCUT2D eigenvalue weighted by Crippen LogP contribution is -2.27. The van der Waals surface area contributed by atoms with Crippen LogP contribution in [0.4, 0.5) is 23.7 Å². The second-order valence-electron chi connectivity index (χ2n) is 7.81. The van der Waals surface area contributed by atoms with Crippen LogP contribution in [0.5, 0.6) is 17.2 Å². The summed E-state index contributed by atoms with van der Waals surface area (Å²) in [7, 11) is 1.30. The summed E-state index contributed by atoms with van der Waals surface area (Å²) >= 11 is 4.17. The van der Waals surface area contributed by atoms with Gasteiger partial charge in [0.1, 0.15) is 0 Å². The van der Waals surface area contributed by atoms with Crippen LogP contribution in [0.2, 0.25) is 0 Å². The van der Waals surface area contributed by atoms with Crippen molar-refractivity contribution < 1.29 is 37.2 Å². The summed E-state index contributed by atoms with van der Waals surface area (Å²) in [5.41, 5.74) is -0.837. The van der Waals surface area contributed by atoms with Gasteiger partial charge in [-0.25, -0.2) is 0 Å². The normalized spacial score (nSPS) is 14.8. The number of nitro groups is 1. The fourth-order valence-corrected chi connectivity index (χ4v) is 4.73. The average molecular weight is 609 g/mol. The molecule has 0 aromatic heterocycles. The van der Waals surface area contributed by atoms with Crippen molar-refractivity contribution in [2.24, 2.45) is 0 Å². The summed E-state index contributed by atoms with van der Waals surface area (Å²) in [6, 6.07) is 13.5. The van der Waals surface area contributed by atoms with Crippen molar-refractivity contribution >= 4 is 50.6 Å². The quantitative estimate of drug-likeness (QED) is 0.156. The first kappa shape index (κ1) is 27.2. The van der Waals surface area contributed by atoms with Crippen LogP contribution in [-0.4, -0.2) is 28.1 Å². The minimum atomic E-state index is -4.76. The highest BCUT2D eigenvalue weighted by Gasteiger charge is 2.36. The van der Waals surface area contributed by atoms with Crippen LogP contribution in [0.15, 0.2) is 70.0 Å². The van der Waals surface area contributed by atoms with E-state index in [1.54, 1.807) is 18.2 Å². The van der Waals surface area contributed by atoms with E-state index in [0.29, 0.717) is 17.7 Å². The summed E-state index contributed by atoms with van der Waals surface area (Å²) in [6.45, 7) is 0.0887. The van der Waals surface area contributed by atoms with Crippen LogP contribution in [0.1, 0.15) is 16.7 Å². The van der Waals surface area contributed by atoms with Crippen molar-refractivity contribution in [1.82, 2.24) is 4.90 Å². The molecule has 8 nitrogen and oxygen atoms in total. The first-order valence-electron chi connectivity index (χ1n) is 10.7. The second-order valence-corrected chi connectivity index (χ2v) is 9.66. The highest BCUT2D eigenvalue weighted by Crippen LogP contribution is 2.41. The highest BCUT2D eigenvalue weighted by atomic mass is 79.9. The summed E-state index contributed by atoms with van der Waals surface area (Å²) in [6.07, 6.45) is -3.28. The van der Waals surface area contributed by atoms with E-state index in [9.17, 15) is 32.9 Å². The summed E-state index contributed by atoms with van der Waals surface area (Å²) < 4.78 is 50.5. The lowest BCUT2D eigenvalue weighted by atomic mass is 10.1. The van der Waals surface area contributed by atoms with E-state index in [-0.39, 0.29) is 22.9 Å². The van der Waals surface area contributed by atoms with Crippen LogP contribution in [0, 0.1) is 10.1 Å². The van der Waals surface area contributed by atoms with E-state index >= 15 is 0 Å². The number of methoxy groups -OCH3 is 1. The maximum Gasteiger partial charge on any atom is 0.416 e. The summed E-state index contributed by atoms with van der Waals surface area (Å²) in [5.74, 6) is -0.799. The molecule has 0 spiro atoms. The highest BCUT2D eigenvalue weighted by molar-refractivity contribution is 9.10. The van der Waals surface area contributed by atoms with Gasteiger partial charge in [-0.05, 0) is 59.3 Å². The van der Waals surface area contributed by atoms with E-state index in [0.717, 1.165) is 32.8 Å². The molecule has 0 aliphatic carbocycles. The Labute approximate surface area is 226 Å². The number of thioether (sulfide) groups is 1. The largest absolute Gasteiger partial charge is 0.493 e. The molecular weight excluding hydrogens is 593 g/mol. The third kappa shape index (κ3) is 5.83. The minimum absolute atomic E-state index is 0.00505. The molecule has 0 bridgehead atoms. The topological polar surface area (TPSA) is 99.0 Å². The average Bonchev–Trinajstić information content (AvgIpc) is 3.12. The lowest BCUT2D eigenvalue weighted by molar-refractivity contribution is -0.385. The minimum Gasteiger partial charge on any atom is -0.493 e. The van der Waals surface area contributed by atoms with Gasteiger partial charge in [-0.15, -0.1) is 0 Å². The number of nitrogens with zero attached hydrogens (tertiary/aromatic N) is 2. The maximum absolute atomic E-state index is 13.0. The fourth-order valence-electron chi connectivity index (χ4n) is 3.48. The molecule has 1 fully saturated rings. The second kappa shape index (κ2) is 10.9. The molecule has 3 aromatic rings. The molecule has 196 valence electrons. The van der Waals surface area contributed by atoms with Crippen molar-refractivity contribution in [1.29, 1.82) is 0 Å². The van der Waals surface area contributed by atoms with Gasteiger partial charge in [-0.2, -0.15) is 13.2 Å². The number of carbonyl (C=O) groups is 2. The van der Waals surface area contributed by atoms with Gasteiger partial charge in [-0.3, -0.25) is 24.6 Å². The monoisotopic (exact) mass is 608 g/mol.